The van der Waals surface area contributed by atoms with E-state index in [1.165, 1.54) is 34.5 Å². The van der Waals surface area contributed by atoms with E-state index in [1.54, 1.807) is 6.92 Å². The summed E-state index contributed by atoms with van der Waals surface area (Å²) in [5, 5.41) is 22.7. The number of carbonyl (C=O) groups is 3. The molecular formula is C15H18N6O4S2. The molecule has 3 amide bonds. The SMILES string of the molecule is C=CCNC(=O)NC1C(=O)N2C(C(=O)O)=C(CSc3nnc(C)[nH]3)CS[C@H]12. The number of aromatic amines is 1. The van der Waals surface area contributed by atoms with E-state index >= 15 is 0 Å². The number of nitrogens with zero attached hydrogens (tertiary/aromatic N) is 3. The molecule has 0 spiro atoms. The van der Waals surface area contributed by atoms with Crippen molar-refractivity contribution >= 4 is 41.4 Å². The van der Waals surface area contributed by atoms with Gasteiger partial charge in [-0.25, -0.2) is 9.59 Å². The Hall–Kier alpha value is -2.47. The van der Waals surface area contributed by atoms with Crippen LogP contribution in [0.25, 0.3) is 0 Å². The van der Waals surface area contributed by atoms with Crippen LogP contribution >= 0.6 is 23.5 Å². The third-order valence-corrected chi connectivity index (χ3v) is 6.19. The summed E-state index contributed by atoms with van der Waals surface area (Å²) in [6.45, 7) is 5.55. The molecule has 3 rings (SSSR count). The summed E-state index contributed by atoms with van der Waals surface area (Å²) in [7, 11) is 0. The Kier molecular flexibility index (Phi) is 5.75. The van der Waals surface area contributed by atoms with Gasteiger partial charge in [0.15, 0.2) is 5.16 Å². The lowest BCUT2D eigenvalue weighted by atomic mass is 10.0. The van der Waals surface area contributed by atoms with Gasteiger partial charge in [-0.3, -0.25) is 9.69 Å². The van der Waals surface area contributed by atoms with E-state index in [-0.39, 0.29) is 12.2 Å². The zero-order valence-electron chi connectivity index (χ0n) is 14.4. The molecule has 0 radical (unpaired) electrons. The Balaban J connectivity index is 1.70. The lowest BCUT2D eigenvalue weighted by Crippen LogP contribution is -2.71. The number of β-lactam (4-membered cyclic amide) rings is 1. The van der Waals surface area contributed by atoms with Crippen molar-refractivity contribution in [3.05, 3.63) is 29.7 Å². The van der Waals surface area contributed by atoms with E-state index < -0.39 is 29.3 Å². The lowest BCUT2D eigenvalue weighted by Gasteiger charge is -2.49. The predicted octanol–water partition coefficient (Wildman–Crippen LogP) is 0.313. The highest BCUT2D eigenvalue weighted by atomic mass is 32.2. The summed E-state index contributed by atoms with van der Waals surface area (Å²) in [5.41, 5.74) is 0.614. The molecule has 0 aliphatic carbocycles. The summed E-state index contributed by atoms with van der Waals surface area (Å²) in [5.74, 6) is -0.103. The summed E-state index contributed by atoms with van der Waals surface area (Å²) < 4.78 is 0. The number of nitrogens with one attached hydrogen (secondary N) is 3. The van der Waals surface area contributed by atoms with Crippen molar-refractivity contribution in [2.24, 2.45) is 0 Å². The largest absolute Gasteiger partial charge is 0.477 e. The molecule has 10 nitrogen and oxygen atoms in total. The van der Waals surface area contributed by atoms with Crippen LogP contribution in [-0.2, 0) is 9.59 Å². The summed E-state index contributed by atoms with van der Waals surface area (Å²) >= 11 is 2.75. The van der Waals surface area contributed by atoms with E-state index in [0.29, 0.717) is 28.1 Å². The molecule has 1 aromatic heterocycles. The number of rotatable bonds is 7. The lowest BCUT2D eigenvalue weighted by molar-refractivity contribution is -0.148. The van der Waals surface area contributed by atoms with Gasteiger partial charge in [0.25, 0.3) is 5.91 Å². The molecule has 1 unspecified atom stereocenters. The van der Waals surface area contributed by atoms with Gasteiger partial charge in [0.2, 0.25) is 0 Å². The van der Waals surface area contributed by atoms with Crippen molar-refractivity contribution in [1.82, 2.24) is 30.7 Å². The molecule has 3 heterocycles. The number of H-pyrrole nitrogens is 1. The summed E-state index contributed by atoms with van der Waals surface area (Å²) in [4.78, 5) is 40.2. The maximum absolute atomic E-state index is 12.5. The van der Waals surface area contributed by atoms with Gasteiger partial charge in [-0.1, -0.05) is 17.8 Å². The van der Waals surface area contributed by atoms with Crippen LogP contribution in [-0.4, -0.2) is 72.6 Å². The number of aromatic nitrogens is 3. The van der Waals surface area contributed by atoms with Crippen molar-refractivity contribution in [2.45, 2.75) is 23.5 Å². The second-order valence-corrected chi connectivity index (χ2v) is 7.86. The fraction of sp³-hybridized carbons (Fsp3) is 0.400. The van der Waals surface area contributed by atoms with Gasteiger partial charge in [0.1, 0.15) is 22.9 Å². The standard InChI is InChI=1S/C15H18N6O4S2/c1-3-4-16-14(25)18-9-11(22)21-10(13(23)24)8(5-26-12(9)21)6-27-15-17-7(2)19-20-15/h3,9,12H,1,4-6H2,2H3,(H,23,24)(H2,16,18,25)(H,17,19,20)/t9?,12-/m1/s1. The number of hydrogen-bond acceptors (Lipinski definition) is 7. The highest BCUT2D eigenvalue weighted by Crippen LogP contribution is 2.41. The Morgan fingerprint density at radius 2 is 2.30 bits per heavy atom. The van der Waals surface area contributed by atoms with Gasteiger partial charge < -0.3 is 20.7 Å². The van der Waals surface area contributed by atoms with Gasteiger partial charge in [0.05, 0.1) is 0 Å². The van der Waals surface area contributed by atoms with Gasteiger partial charge >= 0.3 is 12.0 Å². The van der Waals surface area contributed by atoms with Crippen molar-refractivity contribution in [1.29, 1.82) is 0 Å². The molecule has 1 fully saturated rings. The van der Waals surface area contributed by atoms with E-state index in [4.69, 9.17) is 0 Å². The van der Waals surface area contributed by atoms with Crippen LogP contribution in [0.3, 0.4) is 0 Å². The van der Waals surface area contributed by atoms with E-state index in [9.17, 15) is 19.5 Å². The first-order valence-corrected chi connectivity index (χ1v) is 10.0. The highest BCUT2D eigenvalue weighted by Gasteiger charge is 2.54. The Bertz CT molecular complexity index is 823. The molecule has 2 aliphatic heterocycles. The predicted molar refractivity (Wildman–Crippen MR) is 100 cm³/mol. The number of carboxylic acid groups (broad SMARTS) is 1. The molecule has 27 heavy (non-hydrogen) atoms. The number of carboxylic acids is 1. The van der Waals surface area contributed by atoms with Gasteiger partial charge in [-0.2, -0.15) is 0 Å². The number of amides is 3. The van der Waals surface area contributed by atoms with Crippen LogP contribution in [0.2, 0.25) is 0 Å². The average molecular weight is 410 g/mol. The fourth-order valence-electron chi connectivity index (χ4n) is 2.70. The quantitative estimate of drug-likeness (QED) is 0.286. The third kappa shape index (κ3) is 3.95. The number of hydrogen-bond donors (Lipinski definition) is 4. The van der Waals surface area contributed by atoms with Crippen molar-refractivity contribution in [3.63, 3.8) is 0 Å². The Morgan fingerprint density at radius 1 is 1.52 bits per heavy atom. The van der Waals surface area contributed by atoms with Crippen molar-refractivity contribution < 1.29 is 19.5 Å². The molecule has 0 saturated carbocycles. The maximum Gasteiger partial charge on any atom is 0.352 e. The highest BCUT2D eigenvalue weighted by molar-refractivity contribution is 8.01. The number of aliphatic carboxylic acids is 1. The smallest absolute Gasteiger partial charge is 0.352 e. The molecule has 12 heteroatoms. The number of aryl methyl sites for hydroxylation is 1. The van der Waals surface area contributed by atoms with Gasteiger partial charge in [-0.15, -0.1) is 28.5 Å². The summed E-state index contributed by atoms with van der Waals surface area (Å²) in [6.07, 6.45) is 1.52. The molecule has 4 N–H and O–H groups in total. The first kappa shape index (κ1) is 19.3. The van der Waals surface area contributed by atoms with Crippen LogP contribution in [0.15, 0.2) is 29.1 Å². The molecule has 2 atom stereocenters. The van der Waals surface area contributed by atoms with Crippen LogP contribution in [0.1, 0.15) is 5.82 Å². The minimum Gasteiger partial charge on any atom is -0.477 e. The molecule has 0 aromatic carbocycles. The number of fused-ring (bicyclic) bond motifs is 1. The minimum atomic E-state index is -1.16. The molecular weight excluding hydrogens is 392 g/mol. The first-order chi connectivity index (χ1) is 12.9. The van der Waals surface area contributed by atoms with E-state index in [1.807, 2.05) is 0 Å². The number of urea groups is 1. The number of carbonyl (C=O) groups excluding carboxylic acids is 2. The molecule has 1 aromatic rings. The molecule has 0 bridgehead atoms. The monoisotopic (exact) mass is 410 g/mol. The number of thioether (sulfide) groups is 2. The van der Waals surface area contributed by atoms with Crippen molar-refractivity contribution in [3.8, 4) is 0 Å². The summed E-state index contributed by atoms with van der Waals surface area (Å²) in [6, 6.07) is -1.24. The zero-order valence-corrected chi connectivity index (χ0v) is 16.0. The average Bonchev–Trinajstić information content (AvgIpc) is 3.06. The second-order valence-electron chi connectivity index (χ2n) is 5.79. The Morgan fingerprint density at radius 3 is 2.93 bits per heavy atom. The van der Waals surface area contributed by atoms with E-state index in [2.05, 4.69) is 32.4 Å². The Labute approximate surface area is 163 Å². The molecule has 144 valence electrons. The first-order valence-electron chi connectivity index (χ1n) is 7.99. The van der Waals surface area contributed by atoms with Crippen molar-refractivity contribution in [2.75, 3.05) is 18.1 Å². The van der Waals surface area contributed by atoms with E-state index in [0.717, 1.165) is 0 Å². The minimum absolute atomic E-state index is 0.0166. The van der Waals surface area contributed by atoms with Crippen LogP contribution < -0.4 is 10.6 Å². The zero-order chi connectivity index (χ0) is 19.6. The normalized spacial score (nSPS) is 21.4. The third-order valence-electron chi connectivity index (χ3n) is 3.91. The maximum atomic E-state index is 12.5. The van der Waals surface area contributed by atoms with Crippen LogP contribution in [0, 0.1) is 6.92 Å². The topological polar surface area (TPSA) is 140 Å². The second kappa shape index (κ2) is 8.05. The van der Waals surface area contributed by atoms with Gasteiger partial charge in [-0.05, 0) is 12.5 Å². The molecule has 1 saturated heterocycles. The van der Waals surface area contributed by atoms with Crippen LogP contribution in [0.4, 0.5) is 4.79 Å². The molecule has 2 aliphatic rings. The van der Waals surface area contributed by atoms with Crippen LogP contribution in [0.5, 0.6) is 0 Å². The fourth-order valence-corrected chi connectivity index (χ4v) is 5.04. The van der Waals surface area contributed by atoms with Gasteiger partial charge in [0, 0.05) is 18.1 Å².